The molecule has 0 aliphatic rings. The molecule has 2 unspecified atom stereocenters. The third-order valence-electron chi connectivity index (χ3n) is 3.99. The summed E-state index contributed by atoms with van der Waals surface area (Å²) in [6.45, 7) is 6.91. The molecule has 0 aliphatic carbocycles. The molecule has 6 nitrogen and oxygen atoms in total. The van der Waals surface area contributed by atoms with Gasteiger partial charge >= 0.3 is 0 Å². The van der Waals surface area contributed by atoms with Gasteiger partial charge in [0, 0.05) is 12.6 Å². The Morgan fingerprint density at radius 3 is 2.68 bits per heavy atom. The number of nitrogens with zero attached hydrogens (tertiary/aromatic N) is 1. The molecule has 0 bridgehead atoms. The lowest BCUT2D eigenvalue weighted by atomic mass is 10.0. The topological polar surface area (TPSA) is 79.0 Å². The number of halogens is 2. The maximum absolute atomic E-state index is 13.3. The van der Waals surface area contributed by atoms with Crippen molar-refractivity contribution in [3.8, 4) is 5.75 Å². The first-order valence-corrected chi connectivity index (χ1v) is 9.15. The van der Waals surface area contributed by atoms with Crippen molar-refractivity contribution in [2.24, 2.45) is 4.99 Å². The number of ether oxygens (including phenoxy) is 1. The highest BCUT2D eigenvalue weighted by molar-refractivity contribution is 14.0. The predicted octanol–water partition coefficient (Wildman–Crippen LogP) is 3.66. The van der Waals surface area contributed by atoms with Gasteiger partial charge in [-0.25, -0.2) is 9.38 Å². The molecule has 0 fully saturated rings. The zero-order valence-electron chi connectivity index (χ0n) is 16.4. The van der Waals surface area contributed by atoms with E-state index in [2.05, 4.69) is 15.6 Å². The van der Waals surface area contributed by atoms with E-state index < -0.39 is 5.60 Å². The van der Waals surface area contributed by atoms with Crippen LogP contribution >= 0.6 is 24.0 Å². The summed E-state index contributed by atoms with van der Waals surface area (Å²) in [6, 6.07) is 9.54. The molecular formula is C20H29FIN3O3. The smallest absolute Gasteiger partial charge is 0.191 e. The second-order valence-corrected chi connectivity index (χ2v) is 6.43. The first-order chi connectivity index (χ1) is 12.9. The van der Waals surface area contributed by atoms with E-state index in [0.717, 1.165) is 6.42 Å². The minimum Gasteiger partial charge on any atom is -0.489 e. The summed E-state index contributed by atoms with van der Waals surface area (Å²) in [5, 5.41) is 16.9. The molecule has 0 saturated carbocycles. The third kappa shape index (κ3) is 7.67. The fourth-order valence-electron chi connectivity index (χ4n) is 2.45. The number of hydrogen-bond donors (Lipinski definition) is 3. The van der Waals surface area contributed by atoms with Crippen molar-refractivity contribution in [2.45, 2.75) is 38.9 Å². The highest BCUT2D eigenvalue weighted by Crippen LogP contribution is 2.21. The lowest BCUT2D eigenvalue weighted by Gasteiger charge is -2.22. The van der Waals surface area contributed by atoms with Gasteiger partial charge in [0.25, 0.3) is 0 Å². The van der Waals surface area contributed by atoms with Crippen molar-refractivity contribution < 1.29 is 18.7 Å². The van der Waals surface area contributed by atoms with E-state index in [1.807, 2.05) is 13.8 Å². The Bertz CT molecular complexity index is 723. The minimum atomic E-state index is -1.20. The molecule has 0 aliphatic heterocycles. The number of rotatable bonds is 9. The van der Waals surface area contributed by atoms with Crippen LogP contribution < -0.4 is 15.4 Å². The predicted molar refractivity (Wildman–Crippen MR) is 119 cm³/mol. The zero-order chi connectivity index (χ0) is 19.7. The number of guanidine groups is 1. The normalized spacial score (nSPS) is 14.5. The first-order valence-electron chi connectivity index (χ1n) is 9.15. The molecule has 1 aromatic heterocycles. The van der Waals surface area contributed by atoms with Crippen molar-refractivity contribution in [3.63, 3.8) is 0 Å². The Morgan fingerprint density at radius 1 is 1.29 bits per heavy atom. The Morgan fingerprint density at radius 2 is 2.07 bits per heavy atom. The largest absolute Gasteiger partial charge is 0.489 e. The Labute approximate surface area is 182 Å². The summed E-state index contributed by atoms with van der Waals surface area (Å²) in [6.07, 6.45) is 2.11. The molecule has 1 heterocycles. The van der Waals surface area contributed by atoms with Crippen LogP contribution in [0.15, 0.2) is 52.1 Å². The fourth-order valence-corrected chi connectivity index (χ4v) is 2.45. The average Bonchev–Trinajstić information content (AvgIpc) is 3.18. The van der Waals surface area contributed by atoms with Gasteiger partial charge in [0.15, 0.2) is 5.96 Å². The summed E-state index contributed by atoms with van der Waals surface area (Å²) in [7, 11) is 0. The molecule has 2 atom stereocenters. The summed E-state index contributed by atoms with van der Waals surface area (Å²) < 4.78 is 24.4. The van der Waals surface area contributed by atoms with Crippen LogP contribution in [-0.4, -0.2) is 36.8 Å². The van der Waals surface area contributed by atoms with Crippen molar-refractivity contribution in [1.29, 1.82) is 0 Å². The fraction of sp³-hybridized carbons (Fsp3) is 0.450. The van der Waals surface area contributed by atoms with Crippen LogP contribution in [-0.2, 0) is 5.60 Å². The first kappa shape index (κ1) is 24.2. The molecule has 2 aromatic rings. The number of aliphatic imine (C=N–C) groups is 1. The van der Waals surface area contributed by atoms with Crippen LogP contribution in [0.5, 0.6) is 5.75 Å². The van der Waals surface area contributed by atoms with Crippen LogP contribution in [0.25, 0.3) is 0 Å². The van der Waals surface area contributed by atoms with Crippen LogP contribution in [0.2, 0.25) is 0 Å². The summed E-state index contributed by atoms with van der Waals surface area (Å²) in [5.41, 5.74) is -1.20. The third-order valence-corrected chi connectivity index (χ3v) is 3.99. The molecule has 28 heavy (non-hydrogen) atoms. The second kappa shape index (κ2) is 11.9. The van der Waals surface area contributed by atoms with Gasteiger partial charge < -0.3 is 24.9 Å². The van der Waals surface area contributed by atoms with E-state index >= 15 is 0 Å². The minimum absolute atomic E-state index is 0. The molecule has 3 N–H and O–H groups in total. The van der Waals surface area contributed by atoms with Gasteiger partial charge in [0.2, 0.25) is 0 Å². The van der Waals surface area contributed by atoms with E-state index in [9.17, 15) is 9.50 Å². The van der Waals surface area contributed by atoms with Crippen LogP contribution in [0.4, 0.5) is 4.39 Å². The number of furan rings is 1. The molecule has 0 saturated heterocycles. The van der Waals surface area contributed by atoms with E-state index in [1.54, 1.807) is 31.2 Å². The molecular weight excluding hydrogens is 476 g/mol. The van der Waals surface area contributed by atoms with Gasteiger partial charge in [-0.1, -0.05) is 13.0 Å². The monoisotopic (exact) mass is 505 g/mol. The second-order valence-electron chi connectivity index (χ2n) is 6.43. The lowest BCUT2D eigenvalue weighted by Crippen LogP contribution is -2.43. The summed E-state index contributed by atoms with van der Waals surface area (Å²) in [4.78, 5) is 4.44. The van der Waals surface area contributed by atoms with Gasteiger partial charge in [-0.2, -0.15) is 0 Å². The van der Waals surface area contributed by atoms with Gasteiger partial charge in [0.05, 0.1) is 19.4 Å². The van der Waals surface area contributed by atoms with E-state index in [0.29, 0.717) is 30.6 Å². The van der Waals surface area contributed by atoms with Crippen LogP contribution in [0, 0.1) is 5.82 Å². The van der Waals surface area contributed by atoms with Crippen molar-refractivity contribution in [1.82, 2.24) is 10.6 Å². The van der Waals surface area contributed by atoms with E-state index in [-0.39, 0.29) is 42.4 Å². The highest BCUT2D eigenvalue weighted by atomic mass is 127. The molecule has 0 radical (unpaired) electrons. The number of benzene rings is 1. The van der Waals surface area contributed by atoms with Crippen molar-refractivity contribution >= 4 is 29.9 Å². The van der Waals surface area contributed by atoms with Gasteiger partial charge in [-0.15, -0.1) is 24.0 Å². The Kier molecular flexibility index (Phi) is 10.3. The van der Waals surface area contributed by atoms with Gasteiger partial charge in [-0.3, -0.25) is 0 Å². The van der Waals surface area contributed by atoms with E-state index in [1.165, 1.54) is 18.4 Å². The molecule has 0 amide bonds. The molecule has 0 spiro atoms. The van der Waals surface area contributed by atoms with Gasteiger partial charge in [0.1, 0.15) is 29.0 Å². The van der Waals surface area contributed by atoms with Crippen molar-refractivity contribution in [3.05, 3.63) is 54.2 Å². The quantitative estimate of drug-likeness (QED) is 0.276. The average molecular weight is 505 g/mol. The maximum atomic E-state index is 13.3. The number of hydrogen-bond acceptors (Lipinski definition) is 4. The molecule has 8 heteroatoms. The molecule has 1 aromatic carbocycles. The zero-order valence-corrected chi connectivity index (χ0v) is 18.8. The highest BCUT2D eigenvalue weighted by Gasteiger charge is 2.26. The summed E-state index contributed by atoms with van der Waals surface area (Å²) in [5.74, 6) is 1.19. The van der Waals surface area contributed by atoms with Crippen LogP contribution in [0.3, 0.4) is 0 Å². The Balaban J connectivity index is 0.00000392. The van der Waals surface area contributed by atoms with E-state index in [4.69, 9.17) is 9.15 Å². The van der Waals surface area contributed by atoms with Gasteiger partial charge in [-0.05, 0) is 44.5 Å². The maximum Gasteiger partial charge on any atom is 0.191 e. The SMILES string of the molecule is CCNC(=NCC(C)(O)c1ccco1)NCC(CC)Oc1cccc(F)c1.I. The van der Waals surface area contributed by atoms with Crippen LogP contribution in [0.1, 0.15) is 33.0 Å². The number of nitrogens with one attached hydrogen (secondary N) is 2. The lowest BCUT2D eigenvalue weighted by molar-refractivity contribution is 0.0437. The standard InChI is InChI=1S/C20H28FN3O3.HI/c1-4-16(27-17-9-6-8-15(21)12-17)13-23-19(22-5-2)24-14-20(3,25)18-10-7-11-26-18;/h6-12,16,25H,4-5,13-14H2,1-3H3,(H2,22,23,24);1H. The molecule has 156 valence electrons. The summed E-state index contributed by atoms with van der Waals surface area (Å²) >= 11 is 0. The Hall–Kier alpha value is -1.81. The number of aliphatic hydroxyl groups is 1. The van der Waals surface area contributed by atoms with Crippen molar-refractivity contribution in [2.75, 3.05) is 19.6 Å². The molecule has 2 rings (SSSR count).